The molecule has 0 bridgehead atoms. The van der Waals surface area contributed by atoms with E-state index in [1.807, 2.05) is 0 Å². The third-order valence-corrected chi connectivity index (χ3v) is 5.90. The van der Waals surface area contributed by atoms with Crippen LogP contribution in [0.5, 0.6) is 0 Å². The van der Waals surface area contributed by atoms with E-state index in [0.717, 1.165) is 6.42 Å². The molecule has 0 unspecified atom stereocenters. The van der Waals surface area contributed by atoms with Gasteiger partial charge in [0, 0.05) is 5.92 Å². The first-order valence-electron chi connectivity index (χ1n) is 8.05. The second kappa shape index (κ2) is 5.62. The van der Waals surface area contributed by atoms with Crippen LogP contribution < -0.4 is 0 Å². The Kier molecular flexibility index (Phi) is 4.18. The van der Waals surface area contributed by atoms with Gasteiger partial charge in [-0.25, -0.2) is 0 Å². The molecular weight excluding hydrogens is 272 g/mol. The van der Waals surface area contributed by atoms with Crippen LogP contribution in [0.15, 0.2) is 11.1 Å². The molecule has 0 spiro atoms. The number of rotatable bonds is 2. The molecule has 4 atom stereocenters. The van der Waals surface area contributed by atoms with Crippen molar-refractivity contribution in [2.24, 2.45) is 17.3 Å². The molecule has 0 aromatic carbocycles. The molecule has 0 N–H and O–H groups in total. The molecule has 20 heavy (non-hydrogen) atoms. The predicted molar refractivity (Wildman–Crippen MR) is 81.9 cm³/mol. The van der Waals surface area contributed by atoms with E-state index in [9.17, 15) is 0 Å². The Morgan fingerprint density at radius 2 is 2.10 bits per heavy atom. The first kappa shape index (κ1) is 14.9. The minimum atomic E-state index is -0.0412. The molecular formula is C17H27ClO2. The van der Waals surface area contributed by atoms with Gasteiger partial charge >= 0.3 is 0 Å². The largest absolute Gasteiger partial charge is 0.350 e. The van der Waals surface area contributed by atoms with Crippen molar-refractivity contribution < 1.29 is 9.47 Å². The first-order chi connectivity index (χ1) is 9.51. The van der Waals surface area contributed by atoms with Gasteiger partial charge in [-0.15, -0.1) is 11.6 Å². The Bertz CT molecular complexity index is 402. The molecule has 0 aromatic rings. The normalized spacial score (nSPS) is 40.8. The van der Waals surface area contributed by atoms with Crippen molar-refractivity contribution in [1.82, 2.24) is 0 Å². The molecule has 1 heterocycles. The fourth-order valence-corrected chi connectivity index (χ4v) is 4.45. The number of allylic oxidation sites excluding steroid dienone is 2. The third-order valence-electron chi connectivity index (χ3n) is 5.56. The van der Waals surface area contributed by atoms with Gasteiger partial charge in [0.1, 0.15) is 0 Å². The summed E-state index contributed by atoms with van der Waals surface area (Å²) in [4.78, 5) is 0. The topological polar surface area (TPSA) is 18.5 Å². The molecule has 2 aliphatic carbocycles. The van der Waals surface area contributed by atoms with Crippen LogP contribution in [0.25, 0.3) is 0 Å². The van der Waals surface area contributed by atoms with E-state index in [2.05, 4.69) is 20.8 Å². The van der Waals surface area contributed by atoms with Crippen LogP contribution >= 0.6 is 11.6 Å². The molecule has 1 saturated heterocycles. The summed E-state index contributed by atoms with van der Waals surface area (Å²) in [5.41, 5.74) is 3.81. The highest BCUT2D eigenvalue weighted by atomic mass is 35.5. The first-order valence-corrected chi connectivity index (χ1v) is 8.59. The van der Waals surface area contributed by atoms with Crippen LogP contribution in [0, 0.1) is 17.3 Å². The molecule has 0 saturated carbocycles. The quantitative estimate of drug-likeness (QED) is 0.551. The Morgan fingerprint density at radius 3 is 2.80 bits per heavy atom. The van der Waals surface area contributed by atoms with Gasteiger partial charge < -0.3 is 9.47 Å². The summed E-state index contributed by atoms with van der Waals surface area (Å²) >= 11 is 5.89. The Balaban J connectivity index is 1.77. The standard InChI is InChI=1S/C17H27ClO2/c1-11-7-12-5-4-6-17(2,3)15(12)8-14(11)16-19-10-13(9-18)20-16/h11,13-14,16H,4-10H2,1-3H3/t11-,13-,14+,16-/m1/s1. The summed E-state index contributed by atoms with van der Waals surface area (Å²) in [6.45, 7) is 7.84. The molecule has 3 aliphatic rings. The van der Waals surface area contributed by atoms with E-state index >= 15 is 0 Å². The van der Waals surface area contributed by atoms with Gasteiger partial charge in [-0.05, 0) is 43.4 Å². The summed E-state index contributed by atoms with van der Waals surface area (Å²) in [6, 6.07) is 0. The van der Waals surface area contributed by atoms with Gasteiger partial charge in [0.25, 0.3) is 0 Å². The number of alkyl halides is 1. The highest BCUT2D eigenvalue weighted by Gasteiger charge is 2.42. The summed E-state index contributed by atoms with van der Waals surface area (Å²) in [5.74, 6) is 1.69. The van der Waals surface area contributed by atoms with Crippen LogP contribution in [-0.4, -0.2) is 24.9 Å². The zero-order valence-electron chi connectivity index (χ0n) is 13.0. The number of hydrogen-bond donors (Lipinski definition) is 0. The van der Waals surface area contributed by atoms with Crippen molar-refractivity contribution >= 4 is 11.6 Å². The molecule has 1 fully saturated rings. The summed E-state index contributed by atoms with van der Waals surface area (Å²) < 4.78 is 11.9. The van der Waals surface area contributed by atoms with Gasteiger partial charge in [0.05, 0.1) is 18.6 Å². The van der Waals surface area contributed by atoms with E-state index in [1.54, 1.807) is 11.1 Å². The molecule has 0 aromatic heterocycles. The van der Waals surface area contributed by atoms with E-state index in [1.165, 1.54) is 25.7 Å². The monoisotopic (exact) mass is 298 g/mol. The fourth-order valence-electron chi connectivity index (χ4n) is 4.29. The van der Waals surface area contributed by atoms with Gasteiger partial charge in [0.15, 0.2) is 6.29 Å². The second-order valence-corrected chi connectivity index (χ2v) is 7.79. The van der Waals surface area contributed by atoms with Crippen LogP contribution in [-0.2, 0) is 9.47 Å². The molecule has 0 amide bonds. The highest BCUT2D eigenvalue weighted by Crippen LogP contribution is 2.50. The lowest BCUT2D eigenvalue weighted by Gasteiger charge is -2.44. The fraction of sp³-hybridized carbons (Fsp3) is 0.882. The minimum absolute atomic E-state index is 0.0412. The average Bonchev–Trinajstić information content (AvgIpc) is 2.86. The smallest absolute Gasteiger partial charge is 0.161 e. The molecule has 2 nitrogen and oxygen atoms in total. The van der Waals surface area contributed by atoms with Crippen LogP contribution in [0.4, 0.5) is 0 Å². The zero-order valence-corrected chi connectivity index (χ0v) is 13.7. The maximum absolute atomic E-state index is 5.99. The number of ether oxygens (including phenoxy) is 2. The van der Waals surface area contributed by atoms with Crippen molar-refractivity contribution in [3.05, 3.63) is 11.1 Å². The predicted octanol–water partition coefficient (Wildman–Crippen LogP) is 4.52. The molecule has 0 radical (unpaired) electrons. The van der Waals surface area contributed by atoms with Crippen molar-refractivity contribution in [2.45, 2.75) is 65.3 Å². The van der Waals surface area contributed by atoms with Crippen molar-refractivity contribution in [3.8, 4) is 0 Å². The van der Waals surface area contributed by atoms with Crippen LogP contribution in [0.1, 0.15) is 52.9 Å². The lowest BCUT2D eigenvalue weighted by Crippen LogP contribution is -2.36. The van der Waals surface area contributed by atoms with E-state index < -0.39 is 0 Å². The van der Waals surface area contributed by atoms with Gasteiger partial charge in [0.2, 0.25) is 0 Å². The Hall–Kier alpha value is -0.0500. The van der Waals surface area contributed by atoms with E-state index in [-0.39, 0.29) is 12.4 Å². The lowest BCUT2D eigenvalue weighted by atomic mass is 9.63. The van der Waals surface area contributed by atoms with Crippen molar-refractivity contribution in [2.75, 3.05) is 12.5 Å². The summed E-state index contributed by atoms with van der Waals surface area (Å²) in [6.07, 6.45) is 6.43. The Morgan fingerprint density at radius 1 is 1.30 bits per heavy atom. The van der Waals surface area contributed by atoms with Gasteiger partial charge in [-0.3, -0.25) is 0 Å². The van der Waals surface area contributed by atoms with Gasteiger partial charge in [-0.2, -0.15) is 0 Å². The maximum Gasteiger partial charge on any atom is 0.161 e. The zero-order chi connectivity index (χ0) is 14.3. The van der Waals surface area contributed by atoms with E-state index in [4.69, 9.17) is 21.1 Å². The molecule has 114 valence electrons. The summed E-state index contributed by atoms with van der Waals surface area (Å²) in [7, 11) is 0. The summed E-state index contributed by atoms with van der Waals surface area (Å²) in [5, 5.41) is 0. The van der Waals surface area contributed by atoms with Crippen molar-refractivity contribution in [1.29, 1.82) is 0 Å². The van der Waals surface area contributed by atoms with Crippen LogP contribution in [0.3, 0.4) is 0 Å². The second-order valence-electron chi connectivity index (χ2n) is 7.48. The molecule has 3 rings (SSSR count). The highest BCUT2D eigenvalue weighted by molar-refractivity contribution is 6.18. The number of hydrogen-bond acceptors (Lipinski definition) is 2. The van der Waals surface area contributed by atoms with Gasteiger partial charge in [-0.1, -0.05) is 31.9 Å². The van der Waals surface area contributed by atoms with Crippen molar-refractivity contribution in [3.63, 3.8) is 0 Å². The Labute approximate surface area is 127 Å². The maximum atomic E-state index is 5.99. The minimum Gasteiger partial charge on any atom is -0.350 e. The molecule has 3 heteroatoms. The number of halogens is 1. The van der Waals surface area contributed by atoms with E-state index in [0.29, 0.717) is 29.7 Å². The average molecular weight is 299 g/mol. The van der Waals surface area contributed by atoms with Crippen LogP contribution in [0.2, 0.25) is 0 Å². The lowest BCUT2D eigenvalue weighted by molar-refractivity contribution is -0.110. The third kappa shape index (κ3) is 2.67. The molecule has 1 aliphatic heterocycles. The SMILES string of the molecule is C[C@@H]1CC2=C(C[C@@H]1[C@@H]1OC[C@@H](CCl)O1)C(C)(C)CCC2.